The Morgan fingerprint density at radius 2 is 2.38 bits per heavy atom. The fraction of sp³-hybridized carbons (Fsp3) is 0.462. The molecule has 0 aliphatic carbocycles. The molecule has 0 amide bonds. The number of benzene rings is 1. The highest BCUT2D eigenvalue weighted by atomic mass is 16.5. The van der Waals surface area contributed by atoms with Crippen molar-refractivity contribution in [3.63, 3.8) is 0 Å². The minimum absolute atomic E-state index is 0.289. The van der Waals surface area contributed by atoms with Crippen LogP contribution in [0.15, 0.2) is 29.3 Å². The van der Waals surface area contributed by atoms with Crippen molar-refractivity contribution >= 4 is 5.90 Å². The number of rotatable bonds is 1. The van der Waals surface area contributed by atoms with Gasteiger partial charge in [-0.05, 0) is 32.0 Å². The molecule has 2 aliphatic heterocycles. The van der Waals surface area contributed by atoms with Gasteiger partial charge in [-0.1, -0.05) is 17.7 Å². The Balaban J connectivity index is 1.86. The van der Waals surface area contributed by atoms with Gasteiger partial charge in [0.05, 0.1) is 0 Å². The molecule has 2 unspecified atom stereocenters. The van der Waals surface area contributed by atoms with Gasteiger partial charge in [0.1, 0.15) is 12.1 Å². The van der Waals surface area contributed by atoms with Crippen molar-refractivity contribution < 1.29 is 4.74 Å². The lowest BCUT2D eigenvalue weighted by Gasteiger charge is -2.23. The molecule has 16 heavy (non-hydrogen) atoms. The van der Waals surface area contributed by atoms with Crippen LogP contribution < -0.4 is 5.32 Å². The summed E-state index contributed by atoms with van der Waals surface area (Å²) in [6, 6.07) is 8.65. The summed E-state index contributed by atoms with van der Waals surface area (Å²) in [5.74, 6) is 0.822. The van der Waals surface area contributed by atoms with E-state index in [2.05, 4.69) is 41.5 Å². The number of nitrogens with zero attached hydrogens (tertiary/aromatic N) is 1. The predicted molar refractivity (Wildman–Crippen MR) is 63.9 cm³/mol. The summed E-state index contributed by atoms with van der Waals surface area (Å²) < 4.78 is 5.92. The zero-order valence-corrected chi connectivity index (χ0v) is 9.44. The highest BCUT2D eigenvalue weighted by Gasteiger charge is 2.33. The topological polar surface area (TPSA) is 33.6 Å². The zero-order valence-electron chi connectivity index (χ0n) is 9.44. The van der Waals surface area contributed by atoms with E-state index in [1.165, 1.54) is 5.56 Å². The largest absolute Gasteiger partial charge is 0.472 e. The third kappa shape index (κ3) is 1.71. The summed E-state index contributed by atoms with van der Waals surface area (Å²) in [6.07, 6.45) is 1.35. The first-order chi connectivity index (χ1) is 7.83. The van der Waals surface area contributed by atoms with Gasteiger partial charge in [-0.25, -0.2) is 4.99 Å². The number of piperidine rings is 1. The quantitative estimate of drug-likeness (QED) is 0.772. The van der Waals surface area contributed by atoms with Gasteiger partial charge in [0.15, 0.2) is 0 Å². The minimum atomic E-state index is 0.289. The van der Waals surface area contributed by atoms with Crippen LogP contribution in [0.1, 0.15) is 17.5 Å². The van der Waals surface area contributed by atoms with Crippen LogP contribution in [0.3, 0.4) is 0 Å². The number of fused-ring (bicyclic) bond motifs is 1. The Hall–Kier alpha value is -1.35. The summed E-state index contributed by atoms with van der Waals surface area (Å²) >= 11 is 0. The fourth-order valence-electron chi connectivity index (χ4n) is 2.33. The fourth-order valence-corrected chi connectivity index (χ4v) is 2.33. The maximum atomic E-state index is 5.92. The van der Waals surface area contributed by atoms with Crippen LogP contribution in [-0.4, -0.2) is 31.1 Å². The number of ether oxygens (including phenoxy) is 1. The first kappa shape index (κ1) is 9.85. The van der Waals surface area contributed by atoms with E-state index in [1.54, 1.807) is 0 Å². The van der Waals surface area contributed by atoms with Gasteiger partial charge in [-0.2, -0.15) is 0 Å². The van der Waals surface area contributed by atoms with Crippen LogP contribution in [0.4, 0.5) is 0 Å². The molecular weight excluding hydrogens is 200 g/mol. The van der Waals surface area contributed by atoms with Crippen LogP contribution >= 0.6 is 0 Å². The lowest BCUT2D eigenvalue weighted by molar-refractivity contribution is 0.161. The van der Waals surface area contributed by atoms with Gasteiger partial charge < -0.3 is 10.1 Å². The number of hydrogen-bond acceptors (Lipinski definition) is 3. The molecule has 1 fully saturated rings. The van der Waals surface area contributed by atoms with Crippen molar-refractivity contribution in [1.82, 2.24) is 5.32 Å². The Labute approximate surface area is 95.5 Å². The van der Waals surface area contributed by atoms with Crippen LogP contribution in [0.5, 0.6) is 0 Å². The molecule has 0 aromatic heterocycles. The maximum absolute atomic E-state index is 5.92. The third-order valence-corrected chi connectivity index (χ3v) is 3.20. The number of aliphatic imine (C=N–C) groups is 1. The van der Waals surface area contributed by atoms with Gasteiger partial charge >= 0.3 is 0 Å². The lowest BCUT2D eigenvalue weighted by atomic mass is 10.1. The van der Waals surface area contributed by atoms with E-state index in [9.17, 15) is 0 Å². The number of hydrogen-bond donors (Lipinski definition) is 1. The van der Waals surface area contributed by atoms with Crippen LogP contribution in [0.2, 0.25) is 0 Å². The second kappa shape index (κ2) is 3.91. The smallest absolute Gasteiger partial charge is 0.216 e. The van der Waals surface area contributed by atoms with Gasteiger partial charge in [0, 0.05) is 12.1 Å². The standard InChI is InChI=1S/C13H16N2O/c1-9-3-2-4-10(7-9)13-15-11-8-14-6-5-12(11)16-13/h2-4,7,11-12,14H,5-6,8H2,1H3. The maximum Gasteiger partial charge on any atom is 0.216 e. The van der Waals surface area contributed by atoms with Crippen LogP contribution in [0, 0.1) is 6.92 Å². The molecule has 0 spiro atoms. The molecule has 1 saturated heterocycles. The van der Waals surface area contributed by atoms with Gasteiger partial charge in [-0.15, -0.1) is 0 Å². The molecule has 0 saturated carbocycles. The Bertz CT molecular complexity index is 428. The van der Waals surface area contributed by atoms with E-state index >= 15 is 0 Å². The second-order valence-corrected chi connectivity index (χ2v) is 4.52. The highest BCUT2D eigenvalue weighted by Crippen LogP contribution is 2.22. The lowest BCUT2D eigenvalue weighted by Crippen LogP contribution is -2.41. The summed E-state index contributed by atoms with van der Waals surface area (Å²) in [7, 11) is 0. The van der Waals surface area contributed by atoms with Crippen molar-refractivity contribution in [2.75, 3.05) is 13.1 Å². The zero-order chi connectivity index (χ0) is 11.0. The van der Waals surface area contributed by atoms with Gasteiger partial charge in [0.2, 0.25) is 5.90 Å². The first-order valence-corrected chi connectivity index (χ1v) is 5.85. The molecule has 1 N–H and O–H groups in total. The summed E-state index contributed by atoms with van der Waals surface area (Å²) in [5, 5.41) is 3.35. The van der Waals surface area contributed by atoms with E-state index in [0.29, 0.717) is 6.04 Å². The minimum Gasteiger partial charge on any atom is -0.472 e. The number of nitrogens with one attached hydrogen (secondary N) is 1. The molecule has 0 radical (unpaired) electrons. The van der Waals surface area contributed by atoms with Crippen LogP contribution in [0.25, 0.3) is 0 Å². The van der Waals surface area contributed by atoms with Gasteiger partial charge in [-0.3, -0.25) is 0 Å². The average molecular weight is 216 g/mol. The number of aryl methyl sites for hydroxylation is 1. The molecule has 2 atom stereocenters. The summed E-state index contributed by atoms with van der Waals surface area (Å²) in [5.41, 5.74) is 2.35. The first-order valence-electron chi connectivity index (χ1n) is 5.85. The predicted octanol–water partition coefficient (Wildman–Crippen LogP) is 1.50. The molecule has 3 nitrogen and oxygen atoms in total. The van der Waals surface area contributed by atoms with E-state index in [4.69, 9.17) is 4.74 Å². The molecule has 3 heteroatoms. The van der Waals surface area contributed by atoms with Crippen molar-refractivity contribution in [2.45, 2.75) is 25.5 Å². The van der Waals surface area contributed by atoms with Crippen molar-refractivity contribution in [3.05, 3.63) is 35.4 Å². The van der Waals surface area contributed by atoms with Crippen molar-refractivity contribution in [1.29, 1.82) is 0 Å². The van der Waals surface area contributed by atoms with E-state index in [0.717, 1.165) is 31.0 Å². The van der Waals surface area contributed by atoms with Crippen molar-refractivity contribution in [3.8, 4) is 0 Å². The Morgan fingerprint density at radius 1 is 1.44 bits per heavy atom. The Morgan fingerprint density at radius 3 is 3.19 bits per heavy atom. The molecule has 1 aromatic carbocycles. The molecule has 3 rings (SSSR count). The van der Waals surface area contributed by atoms with Crippen molar-refractivity contribution in [2.24, 2.45) is 4.99 Å². The molecular formula is C13H16N2O. The van der Waals surface area contributed by atoms with E-state index < -0.39 is 0 Å². The SMILES string of the molecule is Cc1cccc(C2=NC3CNCCC3O2)c1. The van der Waals surface area contributed by atoms with E-state index in [1.807, 2.05) is 0 Å². The monoisotopic (exact) mass is 216 g/mol. The van der Waals surface area contributed by atoms with E-state index in [-0.39, 0.29) is 6.10 Å². The molecule has 1 aromatic rings. The van der Waals surface area contributed by atoms with Crippen LogP contribution in [-0.2, 0) is 4.74 Å². The third-order valence-electron chi connectivity index (χ3n) is 3.20. The molecule has 2 aliphatic rings. The Kier molecular flexibility index (Phi) is 2.40. The molecule has 84 valence electrons. The second-order valence-electron chi connectivity index (χ2n) is 4.52. The highest BCUT2D eigenvalue weighted by molar-refractivity contribution is 5.95. The molecule has 2 heterocycles. The normalized spacial score (nSPS) is 28.2. The summed E-state index contributed by atoms with van der Waals surface area (Å²) in [6.45, 7) is 4.07. The van der Waals surface area contributed by atoms with Gasteiger partial charge in [0.25, 0.3) is 0 Å². The molecule has 0 bridgehead atoms. The average Bonchev–Trinajstić information content (AvgIpc) is 2.72. The summed E-state index contributed by atoms with van der Waals surface area (Å²) in [4.78, 5) is 4.65.